The van der Waals surface area contributed by atoms with E-state index in [9.17, 15) is 0 Å². The van der Waals surface area contributed by atoms with Crippen LogP contribution in [0, 0.1) is 5.92 Å². The van der Waals surface area contributed by atoms with E-state index in [1.165, 1.54) is 18.5 Å². The van der Waals surface area contributed by atoms with Crippen molar-refractivity contribution in [1.82, 2.24) is 14.5 Å². The third-order valence-electron chi connectivity index (χ3n) is 4.14. The lowest BCUT2D eigenvalue weighted by molar-refractivity contribution is 0.168. The maximum atomic E-state index is 6.04. The molecule has 1 aromatic heterocycles. The molecule has 0 aliphatic rings. The largest absolute Gasteiger partial charge is 0.333 e. The van der Waals surface area contributed by atoms with Crippen molar-refractivity contribution in [3.63, 3.8) is 0 Å². The summed E-state index contributed by atoms with van der Waals surface area (Å²) in [5.74, 6) is 0.756. The fraction of sp³-hybridized carbons (Fsp3) is 0.800. The van der Waals surface area contributed by atoms with Crippen molar-refractivity contribution in [2.24, 2.45) is 11.7 Å². The van der Waals surface area contributed by atoms with E-state index in [1.54, 1.807) is 0 Å². The van der Waals surface area contributed by atoms with E-state index in [1.807, 2.05) is 12.5 Å². The van der Waals surface area contributed by atoms with Crippen molar-refractivity contribution in [1.29, 1.82) is 0 Å². The normalized spacial score (nSPS) is 13.4. The van der Waals surface area contributed by atoms with E-state index >= 15 is 0 Å². The Morgan fingerprint density at radius 1 is 1.26 bits per heavy atom. The SMILES string of the molecule is CCC(CC)CN(CC)C(CN)c1cncn1CC. The summed E-state index contributed by atoms with van der Waals surface area (Å²) in [5.41, 5.74) is 7.29. The van der Waals surface area contributed by atoms with Crippen molar-refractivity contribution in [2.75, 3.05) is 19.6 Å². The Bertz CT molecular complexity index is 344. The van der Waals surface area contributed by atoms with E-state index in [0.29, 0.717) is 6.54 Å². The number of likely N-dealkylation sites (N-methyl/N-ethyl adjacent to an activating group) is 1. The number of aromatic nitrogens is 2. The number of rotatable bonds is 9. The van der Waals surface area contributed by atoms with Crippen LogP contribution in [-0.2, 0) is 6.54 Å². The summed E-state index contributed by atoms with van der Waals surface area (Å²) in [7, 11) is 0. The molecule has 4 heteroatoms. The van der Waals surface area contributed by atoms with Gasteiger partial charge in [-0.25, -0.2) is 4.98 Å². The molecular formula is C15H30N4. The average molecular weight is 266 g/mol. The zero-order valence-electron chi connectivity index (χ0n) is 13.0. The van der Waals surface area contributed by atoms with Crippen molar-refractivity contribution in [3.8, 4) is 0 Å². The van der Waals surface area contributed by atoms with Gasteiger partial charge in [0.1, 0.15) is 0 Å². The second kappa shape index (κ2) is 8.33. The molecule has 1 rings (SSSR count). The van der Waals surface area contributed by atoms with Gasteiger partial charge in [-0.15, -0.1) is 0 Å². The number of hydrogen-bond acceptors (Lipinski definition) is 3. The molecule has 0 aliphatic heterocycles. The highest BCUT2D eigenvalue weighted by Crippen LogP contribution is 2.22. The van der Waals surface area contributed by atoms with Gasteiger partial charge < -0.3 is 10.3 Å². The minimum atomic E-state index is 0.285. The number of nitrogens with zero attached hydrogens (tertiary/aromatic N) is 3. The number of aryl methyl sites for hydroxylation is 1. The number of imidazole rings is 1. The molecule has 0 saturated heterocycles. The lowest BCUT2D eigenvalue weighted by Crippen LogP contribution is -2.38. The fourth-order valence-electron chi connectivity index (χ4n) is 2.68. The van der Waals surface area contributed by atoms with Gasteiger partial charge in [0.15, 0.2) is 0 Å². The minimum absolute atomic E-state index is 0.285. The van der Waals surface area contributed by atoms with Crippen LogP contribution in [-0.4, -0.2) is 34.1 Å². The van der Waals surface area contributed by atoms with E-state index in [4.69, 9.17) is 5.73 Å². The Labute approximate surface area is 118 Å². The van der Waals surface area contributed by atoms with Crippen LogP contribution < -0.4 is 5.73 Å². The second-order valence-electron chi connectivity index (χ2n) is 5.13. The van der Waals surface area contributed by atoms with Crippen LogP contribution in [0.25, 0.3) is 0 Å². The highest BCUT2D eigenvalue weighted by atomic mass is 15.2. The van der Waals surface area contributed by atoms with E-state index < -0.39 is 0 Å². The molecule has 0 aliphatic carbocycles. The van der Waals surface area contributed by atoms with Crippen LogP contribution in [0.5, 0.6) is 0 Å². The van der Waals surface area contributed by atoms with Crippen LogP contribution >= 0.6 is 0 Å². The fourth-order valence-corrected chi connectivity index (χ4v) is 2.68. The van der Waals surface area contributed by atoms with Crippen LogP contribution in [0.15, 0.2) is 12.5 Å². The summed E-state index contributed by atoms with van der Waals surface area (Å²) in [4.78, 5) is 6.78. The van der Waals surface area contributed by atoms with Gasteiger partial charge in [-0.3, -0.25) is 4.90 Å². The summed E-state index contributed by atoms with van der Waals surface area (Å²) >= 11 is 0. The molecular weight excluding hydrogens is 236 g/mol. The van der Waals surface area contributed by atoms with E-state index in [2.05, 4.69) is 42.1 Å². The monoisotopic (exact) mass is 266 g/mol. The molecule has 0 radical (unpaired) electrons. The van der Waals surface area contributed by atoms with Gasteiger partial charge >= 0.3 is 0 Å². The van der Waals surface area contributed by atoms with Crippen LogP contribution in [0.4, 0.5) is 0 Å². The molecule has 0 spiro atoms. The minimum Gasteiger partial charge on any atom is -0.333 e. The van der Waals surface area contributed by atoms with Gasteiger partial charge in [0.2, 0.25) is 0 Å². The van der Waals surface area contributed by atoms with Crippen molar-refractivity contribution in [3.05, 3.63) is 18.2 Å². The van der Waals surface area contributed by atoms with Gasteiger partial charge in [-0.05, 0) is 19.4 Å². The molecule has 0 bridgehead atoms. The molecule has 0 fully saturated rings. The predicted octanol–water partition coefficient (Wildman–Crippen LogP) is 2.66. The lowest BCUT2D eigenvalue weighted by atomic mass is 10.0. The molecule has 0 aromatic carbocycles. The first-order valence-corrected chi connectivity index (χ1v) is 7.65. The van der Waals surface area contributed by atoms with Gasteiger partial charge in [0, 0.05) is 25.8 Å². The van der Waals surface area contributed by atoms with Crippen LogP contribution in [0.1, 0.15) is 52.3 Å². The van der Waals surface area contributed by atoms with Crippen LogP contribution in [0.2, 0.25) is 0 Å². The Morgan fingerprint density at radius 2 is 1.95 bits per heavy atom. The first kappa shape index (κ1) is 16.2. The highest BCUT2D eigenvalue weighted by molar-refractivity contribution is 5.06. The van der Waals surface area contributed by atoms with Gasteiger partial charge in [-0.2, -0.15) is 0 Å². The van der Waals surface area contributed by atoms with Gasteiger partial charge in [-0.1, -0.05) is 33.6 Å². The van der Waals surface area contributed by atoms with Gasteiger partial charge in [0.05, 0.1) is 18.1 Å². The summed E-state index contributed by atoms with van der Waals surface area (Å²) in [6, 6.07) is 0.285. The highest BCUT2D eigenvalue weighted by Gasteiger charge is 2.22. The number of hydrogen-bond donors (Lipinski definition) is 1. The van der Waals surface area contributed by atoms with Crippen molar-refractivity contribution < 1.29 is 0 Å². The Hall–Kier alpha value is -0.870. The molecule has 0 amide bonds. The van der Waals surface area contributed by atoms with E-state index in [0.717, 1.165) is 25.6 Å². The maximum Gasteiger partial charge on any atom is 0.0948 e. The standard InChI is InChI=1S/C15H30N4/c1-5-13(6-2)11-18(7-3)14(9-16)15-10-17-12-19(15)8-4/h10,12-14H,5-9,11,16H2,1-4H3. The predicted molar refractivity (Wildman–Crippen MR) is 81.0 cm³/mol. The summed E-state index contributed by atoms with van der Waals surface area (Å²) in [5, 5.41) is 0. The van der Waals surface area contributed by atoms with E-state index in [-0.39, 0.29) is 6.04 Å². The summed E-state index contributed by atoms with van der Waals surface area (Å²) < 4.78 is 2.20. The zero-order chi connectivity index (χ0) is 14.3. The maximum absolute atomic E-state index is 6.04. The molecule has 4 nitrogen and oxygen atoms in total. The quantitative estimate of drug-likeness (QED) is 0.747. The molecule has 19 heavy (non-hydrogen) atoms. The summed E-state index contributed by atoms with van der Waals surface area (Å²) in [6.07, 6.45) is 6.34. The smallest absolute Gasteiger partial charge is 0.0948 e. The summed E-state index contributed by atoms with van der Waals surface area (Å²) in [6.45, 7) is 12.7. The molecule has 1 aromatic rings. The lowest BCUT2D eigenvalue weighted by Gasteiger charge is -2.33. The average Bonchev–Trinajstić information content (AvgIpc) is 2.91. The molecule has 2 N–H and O–H groups in total. The molecule has 1 atom stereocenters. The van der Waals surface area contributed by atoms with Crippen molar-refractivity contribution >= 4 is 0 Å². The Balaban J connectivity index is 2.86. The molecule has 1 heterocycles. The van der Waals surface area contributed by atoms with Crippen LogP contribution in [0.3, 0.4) is 0 Å². The zero-order valence-corrected chi connectivity index (χ0v) is 13.0. The Kier molecular flexibility index (Phi) is 7.10. The Morgan fingerprint density at radius 3 is 2.42 bits per heavy atom. The first-order valence-electron chi connectivity index (χ1n) is 7.65. The molecule has 1 unspecified atom stereocenters. The third kappa shape index (κ3) is 4.05. The van der Waals surface area contributed by atoms with Gasteiger partial charge in [0.25, 0.3) is 0 Å². The topological polar surface area (TPSA) is 47.1 Å². The second-order valence-corrected chi connectivity index (χ2v) is 5.13. The number of nitrogens with two attached hydrogens (primary N) is 1. The molecule has 110 valence electrons. The third-order valence-corrected chi connectivity index (χ3v) is 4.14. The first-order chi connectivity index (χ1) is 9.21. The van der Waals surface area contributed by atoms with Crippen molar-refractivity contribution in [2.45, 2.75) is 53.1 Å². The molecule has 0 saturated carbocycles.